The predicted octanol–water partition coefficient (Wildman–Crippen LogP) is 2.95. The molecule has 0 spiro atoms. The van der Waals surface area contributed by atoms with Crippen molar-refractivity contribution in [3.8, 4) is 0 Å². The first-order valence-corrected chi connectivity index (χ1v) is 6.85. The Labute approximate surface area is 120 Å². The first-order chi connectivity index (χ1) is 9.79. The fourth-order valence-corrected chi connectivity index (χ4v) is 2.07. The van der Waals surface area contributed by atoms with Gasteiger partial charge in [0, 0.05) is 24.0 Å². The fourth-order valence-electron chi connectivity index (χ4n) is 2.07. The van der Waals surface area contributed by atoms with Gasteiger partial charge in [0.15, 0.2) is 0 Å². The van der Waals surface area contributed by atoms with Crippen LogP contribution < -0.4 is 16.8 Å². The molecule has 0 saturated heterocycles. The van der Waals surface area contributed by atoms with Crippen LogP contribution in [0.5, 0.6) is 0 Å². The van der Waals surface area contributed by atoms with Crippen molar-refractivity contribution >= 4 is 11.4 Å². The van der Waals surface area contributed by atoms with Crippen LogP contribution in [0.15, 0.2) is 60.8 Å². The summed E-state index contributed by atoms with van der Waals surface area (Å²) in [5, 5.41) is 3.41. The molecule has 0 fully saturated rings. The van der Waals surface area contributed by atoms with Crippen LogP contribution >= 0.6 is 0 Å². The van der Waals surface area contributed by atoms with Crippen LogP contribution in [0.2, 0.25) is 0 Å². The molecule has 0 aliphatic rings. The van der Waals surface area contributed by atoms with Gasteiger partial charge in [-0.05, 0) is 30.5 Å². The fraction of sp³-hybridized carbons (Fsp3) is 0.176. The van der Waals surface area contributed by atoms with Crippen LogP contribution in [0.25, 0.3) is 5.70 Å². The average Bonchev–Trinajstić information content (AvgIpc) is 2.52. The maximum Gasteiger partial charge on any atom is 0.0545 e. The van der Waals surface area contributed by atoms with Gasteiger partial charge in [-0.3, -0.25) is 0 Å². The quantitative estimate of drug-likeness (QED) is 0.705. The van der Waals surface area contributed by atoms with E-state index in [-0.39, 0.29) is 0 Å². The van der Waals surface area contributed by atoms with Gasteiger partial charge in [-0.2, -0.15) is 0 Å². The molecule has 0 atom stereocenters. The third kappa shape index (κ3) is 4.05. The molecule has 2 aromatic rings. The van der Waals surface area contributed by atoms with E-state index in [9.17, 15) is 0 Å². The molecule has 0 radical (unpaired) electrons. The summed E-state index contributed by atoms with van der Waals surface area (Å²) < 4.78 is 0. The zero-order chi connectivity index (χ0) is 14.2. The van der Waals surface area contributed by atoms with Gasteiger partial charge in [-0.15, -0.1) is 0 Å². The topological polar surface area (TPSA) is 64.1 Å². The van der Waals surface area contributed by atoms with Gasteiger partial charge in [0.25, 0.3) is 0 Å². The Bertz CT molecular complexity index is 561. The third-order valence-electron chi connectivity index (χ3n) is 3.19. The van der Waals surface area contributed by atoms with E-state index in [1.54, 1.807) is 0 Å². The number of nitrogens with two attached hydrogens (primary N) is 2. The first-order valence-electron chi connectivity index (χ1n) is 6.85. The molecule has 0 unspecified atom stereocenters. The van der Waals surface area contributed by atoms with E-state index in [1.165, 1.54) is 11.8 Å². The molecular weight excluding hydrogens is 246 g/mol. The molecule has 0 aliphatic heterocycles. The molecule has 0 bridgehead atoms. The van der Waals surface area contributed by atoms with Gasteiger partial charge in [0.1, 0.15) is 0 Å². The van der Waals surface area contributed by atoms with E-state index in [2.05, 4.69) is 29.6 Å². The highest BCUT2D eigenvalue weighted by Gasteiger charge is 1.98. The summed E-state index contributed by atoms with van der Waals surface area (Å²) in [6.07, 6.45) is 3.60. The normalized spacial score (nSPS) is 11.3. The molecule has 104 valence electrons. The van der Waals surface area contributed by atoms with E-state index in [0.717, 1.165) is 30.6 Å². The second-order valence-corrected chi connectivity index (χ2v) is 4.72. The first kappa shape index (κ1) is 14.0. The maximum atomic E-state index is 5.80. The molecule has 0 aliphatic carbocycles. The van der Waals surface area contributed by atoms with Gasteiger partial charge >= 0.3 is 0 Å². The van der Waals surface area contributed by atoms with Crippen LogP contribution in [-0.4, -0.2) is 6.54 Å². The van der Waals surface area contributed by atoms with Crippen molar-refractivity contribution in [2.75, 3.05) is 11.9 Å². The number of aryl methyl sites for hydroxylation is 1. The largest absolute Gasteiger partial charge is 0.403 e. The summed E-state index contributed by atoms with van der Waals surface area (Å²) in [7, 11) is 0. The number of benzene rings is 2. The van der Waals surface area contributed by atoms with E-state index >= 15 is 0 Å². The summed E-state index contributed by atoms with van der Waals surface area (Å²) in [6.45, 7) is 0.935. The van der Waals surface area contributed by atoms with Crippen molar-refractivity contribution in [2.45, 2.75) is 12.8 Å². The van der Waals surface area contributed by atoms with E-state index < -0.39 is 0 Å². The second-order valence-electron chi connectivity index (χ2n) is 4.72. The van der Waals surface area contributed by atoms with Gasteiger partial charge in [-0.1, -0.05) is 42.5 Å². The van der Waals surface area contributed by atoms with Gasteiger partial charge in [0.2, 0.25) is 0 Å². The third-order valence-corrected chi connectivity index (χ3v) is 3.19. The molecule has 3 nitrogen and oxygen atoms in total. The molecule has 2 rings (SSSR count). The Morgan fingerprint density at radius 1 is 1.05 bits per heavy atom. The smallest absolute Gasteiger partial charge is 0.0545 e. The lowest BCUT2D eigenvalue weighted by Gasteiger charge is -2.08. The lowest BCUT2D eigenvalue weighted by atomic mass is 10.1. The Hall–Kier alpha value is -2.42. The van der Waals surface area contributed by atoms with Crippen molar-refractivity contribution in [3.63, 3.8) is 0 Å². The summed E-state index contributed by atoms with van der Waals surface area (Å²) in [4.78, 5) is 0. The lowest BCUT2D eigenvalue weighted by Crippen LogP contribution is -2.04. The Morgan fingerprint density at radius 2 is 1.85 bits per heavy atom. The standard InChI is InChI=1S/C17H21N3/c18-13-17(19)15-9-4-10-16(12-15)20-11-5-8-14-6-2-1-3-7-14/h1-4,6-7,9-10,12-13,20H,5,8,11,18-19H2/b17-13-. The molecular formula is C17H21N3. The highest BCUT2D eigenvalue weighted by atomic mass is 14.9. The number of anilines is 1. The predicted molar refractivity (Wildman–Crippen MR) is 86.0 cm³/mol. The second kappa shape index (κ2) is 7.24. The highest BCUT2D eigenvalue weighted by Crippen LogP contribution is 2.15. The Kier molecular flexibility index (Phi) is 5.07. The average molecular weight is 267 g/mol. The number of hydrogen-bond acceptors (Lipinski definition) is 3. The van der Waals surface area contributed by atoms with Crippen molar-refractivity contribution in [3.05, 3.63) is 71.9 Å². The molecule has 2 aromatic carbocycles. The zero-order valence-corrected chi connectivity index (χ0v) is 11.5. The zero-order valence-electron chi connectivity index (χ0n) is 11.5. The van der Waals surface area contributed by atoms with Crippen LogP contribution in [0.4, 0.5) is 5.69 Å². The van der Waals surface area contributed by atoms with Crippen molar-refractivity contribution in [2.24, 2.45) is 11.5 Å². The summed E-state index contributed by atoms with van der Waals surface area (Å²) in [5.41, 5.74) is 15.2. The van der Waals surface area contributed by atoms with Crippen LogP contribution in [-0.2, 0) is 6.42 Å². The minimum atomic E-state index is 0.595. The van der Waals surface area contributed by atoms with Crippen molar-refractivity contribution in [1.29, 1.82) is 0 Å². The molecule has 0 amide bonds. The minimum absolute atomic E-state index is 0.595. The Morgan fingerprint density at radius 3 is 2.60 bits per heavy atom. The highest BCUT2D eigenvalue weighted by molar-refractivity contribution is 5.65. The van der Waals surface area contributed by atoms with E-state index in [0.29, 0.717) is 5.70 Å². The summed E-state index contributed by atoms with van der Waals surface area (Å²) >= 11 is 0. The minimum Gasteiger partial charge on any atom is -0.403 e. The molecule has 20 heavy (non-hydrogen) atoms. The maximum absolute atomic E-state index is 5.80. The Balaban J connectivity index is 1.82. The van der Waals surface area contributed by atoms with E-state index in [4.69, 9.17) is 11.5 Å². The summed E-state index contributed by atoms with van der Waals surface area (Å²) in [5.74, 6) is 0. The molecule has 0 saturated carbocycles. The van der Waals surface area contributed by atoms with Crippen LogP contribution in [0.1, 0.15) is 17.5 Å². The number of nitrogens with one attached hydrogen (secondary N) is 1. The number of hydrogen-bond donors (Lipinski definition) is 3. The molecule has 0 heterocycles. The van der Waals surface area contributed by atoms with Gasteiger partial charge < -0.3 is 16.8 Å². The van der Waals surface area contributed by atoms with Crippen molar-refractivity contribution < 1.29 is 0 Å². The lowest BCUT2D eigenvalue weighted by molar-refractivity contribution is 0.863. The van der Waals surface area contributed by atoms with E-state index in [1.807, 2.05) is 30.3 Å². The molecule has 3 heteroatoms. The van der Waals surface area contributed by atoms with Crippen LogP contribution in [0, 0.1) is 0 Å². The monoisotopic (exact) mass is 267 g/mol. The SMILES string of the molecule is N/C=C(\N)c1cccc(NCCCc2ccccc2)c1. The summed E-state index contributed by atoms with van der Waals surface area (Å²) in [6, 6.07) is 18.5. The molecule has 0 aromatic heterocycles. The van der Waals surface area contributed by atoms with Gasteiger partial charge in [-0.25, -0.2) is 0 Å². The van der Waals surface area contributed by atoms with Crippen molar-refractivity contribution in [1.82, 2.24) is 0 Å². The number of rotatable bonds is 6. The van der Waals surface area contributed by atoms with Gasteiger partial charge in [0.05, 0.1) is 5.70 Å². The molecule has 5 N–H and O–H groups in total. The van der Waals surface area contributed by atoms with Crippen LogP contribution in [0.3, 0.4) is 0 Å².